The van der Waals surface area contributed by atoms with Crippen LogP contribution in [0.2, 0.25) is 5.02 Å². The molecule has 0 spiro atoms. The molecule has 1 aliphatic carbocycles. The molecule has 1 N–H and O–H groups in total. The highest BCUT2D eigenvalue weighted by Gasteiger charge is 2.26. The van der Waals surface area contributed by atoms with Gasteiger partial charge in [-0.3, -0.25) is 0 Å². The van der Waals surface area contributed by atoms with Crippen LogP contribution in [0.3, 0.4) is 0 Å². The van der Waals surface area contributed by atoms with E-state index in [4.69, 9.17) is 16.3 Å². The predicted molar refractivity (Wildman–Crippen MR) is 90.2 cm³/mol. The largest absolute Gasteiger partial charge is 0.492 e. The molecule has 3 heteroatoms. The van der Waals surface area contributed by atoms with Gasteiger partial charge in [0.25, 0.3) is 0 Å². The van der Waals surface area contributed by atoms with E-state index in [2.05, 4.69) is 19.2 Å². The van der Waals surface area contributed by atoms with Crippen LogP contribution in [-0.2, 0) is 0 Å². The van der Waals surface area contributed by atoms with Gasteiger partial charge in [-0.2, -0.15) is 0 Å². The van der Waals surface area contributed by atoms with E-state index in [-0.39, 0.29) is 0 Å². The van der Waals surface area contributed by atoms with Crippen LogP contribution in [0.1, 0.15) is 46.0 Å². The summed E-state index contributed by atoms with van der Waals surface area (Å²) in [6.07, 6.45) is 6.56. The van der Waals surface area contributed by atoms with Gasteiger partial charge in [0, 0.05) is 11.1 Å². The van der Waals surface area contributed by atoms with Crippen molar-refractivity contribution in [3.8, 4) is 5.75 Å². The zero-order valence-electron chi connectivity index (χ0n) is 13.3. The van der Waals surface area contributed by atoms with Gasteiger partial charge in [-0.15, -0.1) is 0 Å². The Kier molecular flexibility index (Phi) is 6.85. The van der Waals surface area contributed by atoms with Crippen LogP contribution in [0.5, 0.6) is 5.75 Å². The van der Waals surface area contributed by atoms with E-state index in [9.17, 15) is 0 Å². The fourth-order valence-corrected chi connectivity index (χ4v) is 3.38. The number of hydrogen-bond donors (Lipinski definition) is 1. The van der Waals surface area contributed by atoms with Crippen molar-refractivity contribution in [2.45, 2.75) is 52.0 Å². The van der Waals surface area contributed by atoms with Crippen LogP contribution in [0.25, 0.3) is 0 Å². The maximum atomic E-state index is 5.99. The average Bonchev–Trinajstić information content (AvgIpc) is 2.49. The van der Waals surface area contributed by atoms with Crippen molar-refractivity contribution >= 4 is 11.6 Å². The minimum Gasteiger partial charge on any atom is -0.492 e. The summed E-state index contributed by atoms with van der Waals surface area (Å²) in [6, 6.07) is 8.12. The van der Waals surface area contributed by atoms with Crippen molar-refractivity contribution in [2.75, 3.05) is 13.2 Å². The van der Waals surface area contributed by atoms with E-state index in [1.54, 1.807) is 0 Å². The number of rotatable bonds is 7. The summed E-state index contributed by atoms with van der Waals surface area (Å²) < 4.78 is 5.99. The molecule has 0 bridgehead atoms. The lowest BCUT2D eigenvalue weighted by atomic mass is 9.78. The summed E-state index contributed by atoms with van der Waals surface area (Å²) in [5.74, 6) is 2.50. The molecule has 0 aliphatic heterocycles. The second kappa shape index (κ2) is 8.65. The highest BCUT2D eigenvalue weighted by molar-refractivity contribution is 6.30. The molecule has 118 valence electrons. The number of benzene rings is 1. The molecule has 21 heavy (non-hydrogen) atoms. The molecular formula is C18H28ClNO. The summed E-state index contributed by atoms with van der Waals surface area (Å²) >= 11 is 5.91. The Balaban J connectivity index is 1.90. The molecule has 0 heterocycles. The first-order chi connectivity index (χ1) is 10.2. The Morgan fingerprint density at radius 2 is 2.05 bits per heavy atom. The topological polar surface area (TPSA) is 21.3 Å². The minimum absolute atomic E-state index is 0.461. The van der Waals surface area contributed by atoms with Gasteiger partial charge in [-0.25, -0.2) is 0 Å². The lowest BCUT2D eigenvalue weighted by Gasteiger charge is -2.33. The van der Waals surface area contributed by atoms with Gasteiger partial charge >= 0.3 is 0 Å². The normalized spacial score (nSPS) is 23.8. The van der Waals surface area contributed by atoms with E-state index >= 15 is 0 Å². The fraction of sp³-hybridized carbons (Fsp3) is 0.667. The number of halogens is 1. The van der Waals surface area contributed by atoms with Gasteiger partial charge < -0.3 is 10.1 Å². The Bertz CT molecular complexity index is 406. The molecular weight excluding hydrogens is 282 g/mol. The van der Waals surface area contributed by atoms with Gasteiger partial charge in [0.2, 0.25) is 0 Å². The lowest BCUT2D eigenvalue weighted by Crippen LogP contribution is -2.43. The average molecular weight is 310 g/mol. The number of hydrogen-bond acceptors (Lipinski definition) is 2. The predicted octanol–water partition coefficient (Wildman–Crippen LogP) is 4.91. The van der Waals surface area contributed by atoms with E-state index in [1.165, 1.54) is 32.1 Å². The van der Waals surface area contributed by atoms with Gasteiger partial charge in [0.05, 0.1) is 0 Å². The van der Waals surface area contributed by atoms with Crippen molar-refractivity contribution < 1.29 is 4.74 Å². The highest BCUT2D eigenvalue weighted by Crippen LogP contribution is 2.31. The molecule has 1 aromatic carbocycles. The zero-order chi connectivity index (χ0) is 15.1. The third-order valence-electron chi connectivity index (χ3n) is 4.45. The molecule has 1 aromatic rings. The van der Waals surface area contributed by atoms with Gasteiger partial charge in [0.15, 0.2) is 0 Å². The standard InChI is InChI=1S/C18H28ClNO/c1-3-11-20-18(15-6-4-5-14(2)12-15)13-21-17-9-7-16(19)8-10-17/h7-10,14-15,18,20H,3-6,11-13H2,1-2H3. The van der Waals surface area contributed by atoms with Crippen molar-refractivity contribution in [3.63, 3.8) is 0 Å². The van der Waals surface area contributed by atoms with Crippen molar-refractivity contribution in [1.29, 1.82) is 0 Å². The Morgan fingerprint density at radius 1 is 1.29 bits per heavy atom. The first-order valence-corrected chi connectivity index (χ1v) is 8.68. The monoisotopic (exact) mass is 309 g/mol. The van der Waals surface area contributed by atoms with Crippen molar-refractivity contribution in [2.24, 2.45) is 11.8 Å². The summed E-state index contributed by atoms with van der Waals surface area (Å²) in [5.41, 5.74) is 0. The second-order valence-electron chi connectivity index (χ2n) is 6.36. The summed E-state index contributed by atoms with van der Waals surface area (Å²) in [4.78, 5) is 0. The summed E-state index contributed by atoms with van der Waals surface area (Å²) in [6.45, 7) is 6.41. The van der Waals surface area contributed by atoms with E-state index in [1.807, 2.05) is 24.3 Å². The molecule has 1 saturated carbocycles. The van der Waals surface area contributed by atoms with Gasteiger partial charge in [0.1, 0.15) is 12.4 Å². The third-order valence-corrected chi connectivity index (χ3v) is 4.70. The molecule has 1 aliphatic rings. The molecule has 1 fully saturated rings. The maximum Gasteiger partial charge on any atom is 0.119 e. The fourth-order valence-electron chi connectivity index (χ4n) is 3.25. The van der Waals surface area contributed by atoms with Crippen LogP contribution < -0.4 is 10.1 Å². The first kappa shape index (κ1) is 16.6. The molecule has 0 aromatic heterocycles. The molecule has 3 atom stereocenters. The molecule has 2 rings (SSSR count). The SMILES string of the molecule is CCCNC(COc1ccc(Cl)cc1)C1CCCC(C)C1. The summed E-state index contributed by atoms with van der Waals surface area (Å²) in [7, 11) is 0. The molecule has 0 amide bonds. The maximum absolute atomic E-state index is 5.99. The number of nitrogens with one attached hydrogen (secondary N) is 1. The molecule has 0 radical (unpaired) electrons. The first-order valence-electron chi connectivity index (χ1n) is 8.30. The van der Waals surface area contributed by atoms with E-state index < -0.39 is 0 Å². The van der Waals surface area contributed by atoms with Crippen LogP contribution >= 0.6 is 11.6 Å². The van der Waals surface area contributed by atoms with E-state index in [0.717, 1.165) is 35.8 Å². The highest BCUT2D eigenvalue weighted by atomic mass is 35.5. The Morgan fingerprint density at radius 3 is 2.71 bits per heavy atom. The summed E-state index contributed by atoms with van der Waals surface area (Å²) in [5, 5.41) is 4.44. The van der Waals surface area contributed by atoms with Crippen molar-refractivity contribution in [3.05, 3.63) is 29.3 Å². The van der Waals surface area contributed by atoms with Crippen LogP contribution in [-0.4, -0.2) is 19.2 Å². The van der Waals surface area contributed by atoms with Crippen molar-refractivity contribution in [1.82, 2.24) is 5.32 Å². The molecule has 3 unspecified atom stereocenters. The zero-order valence-corrected chi connectivity index (χ0v) is 14.0. The second-order valence-corrected chi connectivity index (χ2v) is 6.79. The quantitative estimate of drug-likeness (QED) is 0.772. The van der Waals surface area contributed by atoms with Crippen LogP contribution in [0, 0.1) is 11.8 Å². The number of ether oxygens (including phenoxy) is 1. The Labute approximate surface area is 134 Å². The lowest BCUT2D eigenvalue weighted by molar-refractivity contribution is 0.165. The molecule has 2 nitrogen and oxygen atoms in total. The van der Waals surface area contributed by atoms with Crippen LogP contribution in [0.4, 0.5) is 0 Å². The minimum atomic E-state index is 0.461. The Hall–Kier alpha value is -0.730. The van der Waals surface area contributed by atoms with Crippen LogP contribution in [0.15, 0.2) is 24.3 Å². The van der Waals surface area contributed by atoms with Gasteiger partial charge in [-0.1, -0.05) is 38.3 Å². The third kappa shape index (κ3) is 5.52. The van der Waals surface area contributed by atoms with Gasteiger partial charge in [-0.05, 0) is 61.9 Å². The molecule has 0 saturated heterocycles. The van der Waals surface area contributed by atoms with E-state index in [0.29, 0.717) is 6.04 Å². The smallest absolute Gasteiger partial charge is 0.119 e.